The van der Waals surface area contributed by atoms with E-state index < -0.39 is 7.26 Å². The van der Waals surface area contributed by atoms with Crippen molar-refractivity contribution in [2.24, 2.45) is 23.7 Å². The van der Waals surface area contributed by atoms with Gasteiger partial charge in [0.05, 0.1) is 0 Å². The maximum Gasteiger partial charge on any atom is 0.0481 e. The normalized spacial score (nSPS) is 29.7. The van der Waals surface area contributed by atoms with Gasteiger partial charge < -0.3 is 22.3 Å². The van der Waals surface area contributed by atoms with E-state index in [4.69, 9.17) is 0 Å². The Balaban J connectivity index is -0.000000174. The summed E-state index contributed by atoms with van der Waals surface area (Å²) in [6.07, 6.45) is 0. The Hall–Kier alpha value is 0.845. The summed E-state index contributed by atoms with van der Waals surface area (Å²) < 4.78 is 0. The van der Waals surface area contributed by atoms with E-state index in [0.717, 1.165) is 29.3 Å². The molecule has 159 valence electrons. The van der Waals surface area contributed by atoms with Gasteiger partial charge in [-0.3, -0.25) is 0 Å². The van der Waals surface area contributed by atoms with Crippen LogP contribution in [0.1, 0.15) is 55.4 Å². The summed E-state index contributed by atoms with van der Waals surface area (Å²) in [5.74, 6) is 3.54. The molecule has 0 aromatic rings. The van der Waals surface area contributed by atoms with Crippen molar-refractivity contribution in [3.63, 3.8) is 0 Å². The first-order chi connectivity index (χ1) is 10.3. The predicted molar refractivity (Wildman–Crippen MR) is 130 cm³/mol. The fourth-order valence-corrected chi connectivity index (χ4v) is 7.72. The van der Waals surface area contributed by atoms with Gasteiger partial charge in [0, 0.05) is 54.6 Å². The van der Waals surface area contributed by atoms with E-state index in [1.807, 2.05) is 0 Å². The van der Waals surface area contributed by atoms with Gasteiger partial charge in [0.15, 0.2) is 0 Å². The molecule has 1 saturated carbocycles. The molecule has 4 atom stereocenters. The third kappa shape index (κ3) is 7.55. The molecule has 0 amide bonds. The van der Waals surface area contributed by atoms with Crippen LogP contribution in [-0.2, 0) is 0 Å². The second-order valence-corrected chi connectivity index (χ2v) is 12.8. The van der Waals surface area contributed by atoms with E-state index in [0.29, 0.717) is 0 Å². The van der Waals surface area contributed by atoms with Crippen molar-refractivity contribution in [3.05, 3.63) is 63.4 Å². The van der Waals surface area contributed by atoms with Gasteiger partial charge in [-0.2, -0.15) is 6.66 Å². The largest absolute Gasteiger partial charge is 0.358 e. The zero-order valence-corrected chi connectivity index (χ0v) is 25.3. The number of rotatable bonds is 1. The Kier molecular flexibility index (Phi) is 17.3. The molecule has 27 heavy (non-hydrogen) atoms. The second kappa shape index (κ2) is 13.2. The van der Waals surface area contributed by atoms with E-state index >= 15 is 0 Å². The molecule has 0 aromatic heterocycles. The number of hydrogen-bond acceptors (Lipinski definition) is 0. The maximum absolute atomic E-state index is 4.43. The first-order valence-corrected chi connectivity index (χ1v) is 12.0. The van der Waals surface area contributed by atoms with Gasteiger partial charge in [-0.25, -0.2) is 0 Å². The van der Waals surface area contributed by atoms with Crippen LogP contribution in [0.3, 0.4) is 0 Å². The van der Waals surface area contributed by atoms with Crippen LogP contribution in [-0.4, -0.2) is 19.0 Å². The Bertz CT molecular complexity index is 493. The van der Waals surface area contributed by atoms with Crippen molar-refractivity contribution in [1.82, 2.24) is 0 Å². The molecule has 2 rings (SSSR count). The zero-order valence-electron chi connectivity index (χ0n) is 20.8. The van der Waals surface area contributed by atoms with Gasteiger partial charge in [0.25, 0.3) is 0 Å². The third-order valence-electron chi connectivity index (χ3n) is 6.97. The molecule has 0 spiro atoms. The minimum absolute atomic E-state index is 0. The molecule has 0 aromatic carbocycles. The van der Waals surface area contributed by atoms with Crippen LogP contribution in [0.2, 0.25) is 0 Å². The molecule has 2 heteroatoms. The third-order valence-corrected chi connectivity index (χ3v) is 9.52. The molecular weight excluding hydrogens is 470 g/mol. The van der Waals surface area contributed by atoms with Crippen molar-refractivity contribution in [2.45, 2.75) is 61.0 Å². The zero-order chi connectivity index (χ0) is 18.3. The minimum Gasteiger partial charge on any atom is -0.358 e. The van der Waals surface area contributed by atoms with Crippen LogP contribution in [0.4, 0.5) is 0 Å². The van der Waals surface area contributed by atoms with Crippen molar-refractivity contribution >= 4 is 7.26 Å². The molecule has 0 aliphatic heterocycles. The van der Waals surface area contributed by atoms with Crippen LogP contribution < -0.4 is 0 Å². The van der Waals surface area contributed by atoms with Crippen LogP contribution in [0.25, 0.3) is 0 Å². The average molecular weight is 519 g/mol. The molecule has 0 N–H and O–H groups in total. The van der Waals surface area contributed by atoms with Gasteiger partial charge in [-0.15, -0.1) is 7.26 Å². The molecular formula is C25H48LaP-3. The van der Waals surface area contributed by atoms with Gasteiger partial charge in [-0.05, 0) is 79.2 Å². The van der Waals surface area contributed by atoms with Crippen LogP contribution >= 0.6 is 7.26 Å². The van der Waals surface area contributed by atoms with E-state index in [-0.39, 0.29) is 57.9 Å². The van der Waals surface area contributed by atoms with Crippen LogP contribution in [0.15, 0.2) is 34.4 Å². The van der Waals surface area contributed by atoms with E-state index in [9.17, 15) is 0 Å². The Morgan fingerprint density at radius 1 is 0.667 bits per heavy atom. The van der Waals surface area contributed by atoms with Crippen LogP contribution in [0.5, 0.6) is 0 Å². The van der Waals surface area contributed by atoms with Gasteiger partial charge in [0.2, 0.25) is 0 Å². The first kappa shape index (κ1) is 35.3. The van der Waals surface area contributed by atoms with Crippen molar-refractivity contribution in [1.29, 1.82) is 0 Å². The fourth-order valence-electron chi connectivity index (χ4n) is 4.63. The average Bonchev–Trinajstić information content (AvgIpc) is 2.75. The molecule has 0 heterocycles. The van der Waals surface area contributed by atoms with Gasteiger partial charge >= 0.3 is 0 Å². The summed E-state index contributed by atoms with van der Waals surface area (Å²) in [6, 6.07) is 0. The van der Waals surface area contributed by atoms with Crippen LogP contribution in [0, 0.1) is 88.2 Å². The molecule has 4 unspecified atom stereocenters. The maximum atomic E-state index is 4.43. The molecule has 0 nitrogen and oxygen atoms in total. The number of hydrogen-bond donors (Lipinski definition) is 0. The topological polar surface area (TPSA) is 0 Å². The summed E-state index contributed by atoms with van der Waals surface area (Å²) in [6.45, 7) is 31.5. The van der Waals surface area contributed by atoms with E-state index in [1.165, 1.54) is 27.9 Å². The Labute approximate surface area is 203 Å². The summed E-state index contributed by atoms with van der Waals surface area (Å²) in [7, 11) is -0.900. The molecule has 2 aliphatic rings. The quantitative estimate of drug-likeness (QED) is 0.241. The van der Waals surface area contributed by atoms with Gasteiger partial charge in [-0.1, -0.05) is 34.3 Å². The van der Waals surface area contributed by atoms with Crippen molar-refractivity contribution in [2.75, 3.05) is 13.3 Å². The first-order valence-electron chi connectivity index (χ1n) is 9.05. The molecule has 0 bridgehead atoms. The molecule has 1 radical (unpaired) electrons. The molecule has 1 fully saturated rings. The summed E-state index contributed by atoms with van der Waals surface area (Å²) >= 11 is 0. The number of allylic oxidation sites excluding steroid dienone is 5. The van der Waals surface area contributed by atoms with E-state index in [2.05, 4.69) is 82.0 Å². The fraction of sp³-hybridized carbons (Fsp3) is 0.600. The summed E-state index contributed by atoms with van der Waals surface area (Å²) in [5.41, 5.74) is 7.64. The summed E-state index contributed by atoms with van der Waals surface area (Å²) in [4.78, 5) is 0. The van der Waals surface area contributed by atoms with Gasteiger partial charge in [0.1, 0.15) is 0 Å². The predicted octanol–water partition coefficient (Wildman–Crippen LogP) is 8.56. The minimum atomic E-state index is -0.900. The Morgan fingerprint density at radius 3 is 1.04 bits per heavy atom. The van der Waals surface area contributed by atoms with E-state index in [1.54, 1.807) is 0 Å². The Morgan fingerprint density at radius 2 is 0.926 bits per heavy atom. The monoisotopic (exact) mass is 518 g/mol. The van der Waals surface area contributed by atoms with Crippen molar-refractivity contribution < 1.29 is 35.6 Å². The SMILES string of the molecule is C=C1C(C)=C(C)C(C)=C1C.[CH2-][P+](C)(C)C1C(C)C(C)C(C)C1C.[CH3-].[CH3-].[CH3-].[La]. The molecule has 2 aliphatic carbocycles. The van der Waals surface area contributed by atoms with Crippen molar-refractivity contribution in [3.8, 4) is 0 Å². The second-order valence-electron chi connectivity index (χ2n) is 8.68. The standard InChI is InChI=1S/C12H25P.C10H14.3CH3.La/c1-8-9(2)11(4)12(10(8)3)13(5,6)7;1-6-7(2)9(4)10(5)8(6)3;;;;/h8-12H,5H2,1-4,6-7H3;1H2,2-5H3;3*1H3;/q;;3*-1;. The molecule has 0 saturated heterocycles. The summed E-state index contributed by atoms with van der Waals surface area (Å²) in [5, 5.41) is 0. The smallest absolute Gasteiger partial charge is 0.0481 e.